The maximum Gasteiger partial charge on any atom is 0.210 e. The molecule has 1 N–H and O–H groups in total. The summed E-state index contributed by atoms with van der Waals surface area (Å²) in [5.41, 5.74) is 3.06. The third-order valence-corrected chi connectivity index (χ3v) is 7.14. The van der Waals surface area contributed by atoms with Crippen LogP contribution in [0, 0.1) is 17.9 Å². The Balaban J connectivity index is 1.88. The van der Waals surface area contributed by atoms with Gasteiger partial charge < -0.3 is 14.9 Å². The van der Waals surface area contributed by atoms with Crippen LogP contribution in [0.1, 0.15) is 50.7 Å². The molecule has 0 amide bonds. The van der Waals surface area contributed by atoms with Gasteiger partial charge in [0.15, 0.2) is 0 Å². The standard InChI is InChI=1S/C22H31N3O/c1-21(2)15-16-7-8-18(23-3)20(25-11-5-6-12-25)19(16)22(21,26)17-9-13-24(4)14-10-17/h7-8,17,26H,5-6,9-15H2,1-2,4H3. The molecule has 0 bridgehead atoms. The summed E-state index contributed by atoms with van der Waals surface area (Å²) in [6.45, 7) is 16.2. The summed E-state index contributed by atoms with van der Waals surface area (Å²) in [6, 6.07) is 4.09. The first kappa shape index (κ1) is 17.8. The summed E-state index contributed by atoms with van der Waals surface area (Å²) in [5, 5.41) is 12.3. The van der Waals surface area contributed by atoms with Gasteiger partial charge >= 0.3 is 0 Å². The molecule has 1 aromatic rings. The first-order chi connectivity index (χ1) is 12.4. The van der Waals surface area contributed by atoms with Gasteiger partial charge in [-0.05, 0) is 69.3 Å². The predicted molar refractivity (Wildman–Crippen MR) is 106 cm³/mol. The number of benzene rings is 1. The van der Waals surface area contributed by atoms with Gasteiger partial charge in [0.1, 0.15) is 0 Å². The van der Waals surface area contributed by atoms with Crippen molar-refractivity contribution < 1.29 is 5.11 Å². The van der Waals surface area contributed by atoms with Crippen LogP contribution >= 0.6 is 0 Å². The minimum Gasteiger partial charge on any atom is -0.384 e. The van der Waals surface area contributed by atoms with Crippen LogP contribution in [0.5, 0.6) is 0 Å². The zero-order valence-electron chi connectivity index (χ0n) is 16.4. The minimum absolute atomic E-state index is 0.203. The number of piperidine rings is 1. The molecule has 1 unspecified atom stereocenters. The van der Waals surface area contributed by atoms with E-state index in [0.717, 1.165) is 62.4 Å². The van der Waals surface area contributed by atoms with Crippen molar-refractivity contribution in [1.82, 2.24) is 4.90 Å². The van der Waals surface area contributed by atoms with Gasteiger partial charge in [-0.1, -0.05) is 26.0 Å². The first-order valence-corrected chi connectivity index (χ1v) is 10.1. The molecule has 1 atom stereocenters. The van der Waals surface area contributed by atoms with E-state index in [-0.39, 0.29) is 11.3 Å². The van der Waals surface area contributed by atoms with Gasteiger partial charge in [-0.2, -0.15) is 0 Å². The highest BCUT2D eigenvalue weighted by Gasteiger charge is 2.57. The average Bonchev–Trinajstić information content (AvgIpc) is 3.21. The second-order valence-corrected chi connectivity index (χ2v) is 9.18. The Morgan fingerprint density at radius 1 is 1.12 bits per heavy atom. The van der Waals surface area contributed by atoms with Crippen LogP contribution in [0.4, 0.5) is 11.4 Å². The minimum atomic E-state index is -0.845. The second-order valence-electron chi connectivity index (χ2n) is 9.18. The van der Waals surface area contributed by atoms with Gasteiger partial charge in [0.05, 0.1) is 12.2 Å². The Hall–Kier alpha value is -1.57. The van der Waals surface area contributed by atoms with E-state index in [1.807, 2.05) is 6.07 Å². The van der Waals surface area contributed by atoms with Crippen LogP contribution in [0.2, 0.25) is 0 Å². The quantitative estimate of drug-likeness (QED) is 0.817. The van der Waals surface area contributed by atoms with Gasteiger partial charge in [-0.15, -0.1) is 0 Å². The molecule has 4 rings (SSSR count). The van der Waals surface area contributed by atoms with Crippen molar-refractivity contribution in [3.05, 3.63) is 34.7 Å². The largest absolute Gasteiger partial charge is 0.384 e. The van der Waals surface area contributed by atoms with Crippen molar-refractivity contribution in [3.63, 3.8) is 0 Å². The summed E-state index contributed by atoms with van der Waals surface area (Å²) in [6.07, 6.45) is 5.30. The molecule has 140 valence electrons. The highest BCUT2D eigenvalue weighted by molar-refractivity contribution is 5.79. The Bertz CT molecular complexity index is 736. The SMILES string of the molecule is [C-]#[N+]c1ccc2c(c1N1CCCC1)C(O)(C1CCN(C)CC1)C(C)(C)C2. The predicted octanol–water partition coefficient (Wildman–Crippen LogP) is 3.95. The molecule has 0 saturated carbocycles. The van der Waals surface area contributed by atoms with Gasteiger partial charge in [0.2, 0.25) is 5.69 Å². The number of hydrogen-bond acceptors (Lipinski definition) is 3. The van der Waals surface area contributed by atoms with Crippen molar-refractivity contribution in [2.45, 2.75) is 51.6 Å². The molecule has 4 nitrogen and oxygen atoms in total. The number of anilines is 1. The fourth-order valence-corrected chi connectivity index (χ4v) is 5.68. The highest BCUT2D eigenvalue weighted by Crippen LogP contribution is 2.60. The fraction of sp³-hybridized carbons (Fsp3) is 0.682. The summed E-state index contributed by atoms with van der Waals surface area (Å²) in [5.74, 6) is 0.261. The monoisotopic (exact) mass is 353 g/mol. The number of rotatable bonds is 2. The molecule has 26 heavy (non-hydrogen) atoms. The fourth-order valence-electron chi connectivity index (χ4n) is 5.68. The third kappa shape index (κ3) is 2.48. The molecule has 0 spiro atoms. The maximum atomic E-state index is 12.3. The number of likely N-dealkylation sites (tertiary alicyclic amines) is 1. The van der Waals surface area contributed by atoms with Gasteiger partial charge in [-0.3, -0.25) is 0 Å². The van der Waals surface area contributed by atoms with E-state index in [1.54, 1.807) is 0 Å². The van der Waals surface area contributed by atoms with Crippen molar-refractivity contribution in [3.8, 4) is 0 Å². The molecule has 4 heteroatoms. The molecular formula is C22H31N3O. The lowest BCUT2D eigenvalue weighted by molar-refractivity contribution is -0.121. The van der Waals surface area contributed by atoms with Crippen molar-refractivity contribution in [1.29, 1.82) is 0 Å². The van der Waals surface area contributed by atoms with E-state index in [9.17, 15) is 5.11 Å². The summed E-state index contributed by atoms with van der Waals surface area (Å²) in [7, 11) is 2.17. The topological polar surface area (TPSA) is 31.1 Å². The van der Waals surface area contributed by atoms with E-state index >= 15 is 0 Å². The summed E-state index contributed by atoms with van der Waals surface area (Å²) >= 11 is 0. The molecule has 1 aliphatic carbocycles. The molecule has 1 aromatic carbocycles. The van der Waals surface area contributed by atoms with E-state index in [4.69, 9.17) is 6.57 Å². The lowest BCUT2D eigenvalue weighted by Crippen LogP contribution is -2.49. The maximum absolute atomic E-state index is 12.3. The molecule has 0 radical (unpaired) electrons. The molecule has 0 aromatic heterocycles. The molecule has 2 fully saturated rings. The molecule has 2 aliphatic heterocycles. The third-order valence-electron chi connectivity index (χ3n) is 7.14. The smallest absolute Gasteiger partial charge is 0.210 e. The Morgan fingerprint density at radius 3 is 2.38 bits per heavy atom. The molecule has 3 aliphatic rings. The van der Waals surface area contributed by atoms with E-state index in [2.05, 4.69) is 41.6 Å². The van der Waals surface area contributed by atoms with Crippen LogP contribution in [0.3, 0.4) is 0 Å². The zero-order valence-corrected chi connectivity index (χ0v) is 16.4. The van der Waals surface area contributed by atoms with Crippen LogP contribution in [0.25, 0.3) is 4.85 Å². The normalized spacial score (nSPS) is 29.0. The van der Waals surface area contributed by atoms with Crippen LogP contribution in [0.15, 0.2) is 12.1 Å². The molecular weight excluding hydrogens is 322 g/mol. The lowest BCUT2D eigenvalue weighted by Gasteiger charge is -2.47. The van der Waals surface area contributed by atoms with Gasteiger partial charge in [-0.25, -0.2) is 4.85 Å². The van der Waals surface area contributed by atoms with E-state index in [0.29, 0.717) is 0 Å². The van der Waals surface area contributed by atoms with Gasteiger partial charge in [0.25, 0.3) is 0 Å². The zero-order chi connectivity index (χ0) is 18.5. The number of nitrogens with zero attached hydrogens (tertiary/aromatic N) is 3. The summed E-state index contributed by atoms with van der Waals surface area (Å²) < 4.78 is 0. The van der Waals surface area contributed by atoms with E-state index in [1.165, 1.54) is 18.4 Å². The van der Waals surface area contributed by atoms with Crippen LogP contribution < -0.4 is 4.90 Å². The highest BCUT2D eigenvalue weighted by atomic mass is 16.3. The lowest BCUT2D eigenvalue weighted by atomic mass is 9.65. The van der Waals surface area contributed by atoms with Crippen molar-refractivity contribution in [2.24, 2.45) is 11.3 Å². The van der Waals surface area contributed by atoms with E-state index < -0.39 is 5.60 Å². The van der Waals surface area contributed by atoms with Crippen LogP contribution in [-0.4, -0.2) is 43.2 Å². The number of hydrogen-bond donors (Lipinski definition) is 1. The second kappa shape index (κ2) is 6.25. The van der Waals surface area contributed by atoms with Gasteiger partial charge in [0, 0.05) is 24.2 Å². The van der Waals surface area contributed by atoms with Crippen LogP contribution in [-0.2, 0) is 12.0 Å². The Kier molecular flexibility index (Phi) is 4.28. The Labute approximate surface area is 157 Å². The Morgan fingerprint density at radius 2 is 1.77 bits per heavy atom. The molecule has 2 saturated heterocycles. The molecule has 2 heterocycles. The number of aliphatic hydroxyl groups is 1. The van der Waals surface area contributed by atoms with Crippen molar-refractivity contribution in [2.75, 3.05) is 38.1 Å². The first-order valence-electron chi connectivity index (χ1n) is 10.1. The van der Waals surface area contributed by atoms with Crippen molar-refractivity contribution >= 4 is 11.4 Å². The summed E-state index contributed by atoms with van der Waals surface area (Å²) in [4.78, 5) is 8.58. The average molecular weight is 354 g/mol. The number of fused-ring (bicyclic) bond motifs is 1.